The Bertz CT molecular complexity index is 1470. The van der Waals surface area contributed by atoms with Crippen LogP contribution in [-0.2, 0) is 14.8 Å². The van der Waals surface area contributed by atoms with E-state index in [4.69, 9.17) is 4.74 Å². The molecule has 3 heterocycles. The van der Waals surface area contributed by atoms with Crippen molar-refractivity contribution >= 4 is 39.2 Å². The number of carbonyl (C=O) groups is 2. The maximum absolute atomic E-state index is 13.2. The first kappa shape index (κ1) is 27.1. The number of nitrogens with one attached hydrogen (secondary N) is 2. The number of amides is 1. The van der Waals surface area contributed by atoms with Crippen LogP contribution in [0, 0.1) is 5.92 Å². The second kappa shape index (κ2) is 10.8. The lowest BCUT2D eigenvalue weighted by Gasteiger charge is -2.33. The summed E-state index contributed by atoms with van der Waals surface area (Å²) in [5.74, 6) is -0.185. The topological polar surface area (TPSA) is 131 Å². The number of pyridine rings is 2. The predicted molar refractivity (Wildman–Crippen MR) is 148 cm³/mol. The summed E-state index contributed by atoms with van der Waals surface area (Å²) >= 11 is 0. The lowest BCUT2D eigenvalue weighted by atomic mass is 9.97. The SMILES string of the molecule is CCOC(=O)c1cccc(Nc2cccc(S(=O)(=O)NC(=O)c3cccnc3N3CC(C)CC3(C)C)n2)c1.[HH].[HH]. The monoisotopic (exact) mass is 541 g/mol. The number of ether oxygens (including phenoxy) is 1. The van der Waals surface area contributed by atoms with Gasteiger partial charge in [-0.2, -0.15) is 8.42 Å². The van der Waals surface area contributed by atoms with E-state index in [9.17, 15) is 18.0 Å². The van der Waals surface area contributed by atoms with Crippen LogP contribution in [0.5, 0.6) is 0 Å². The molecule has 38 heavy (non-hydrogen) atoms. The molecule has 0 aliphatic carbocycles. The van der Waals surface area contributed by atoms with Crippen molar-refractivity contribution in [3.8, 4) is 0 Å². The highest BCUT2D eigenvalue weighted by Crippen LogP contribution is 2.37. The van der Waals surface area contributed by atoms with Gasteiger partial charge in [0.2, 0.25) is 0 Å². The van der Waals surface area contributed by atoms with E-state index in [-0.39, 0.29) is 31.4 Å². The van der Waals surface area contributed by atoms with E-state index in [1.54, 1.807) is 55.6 Å². The molecule has 0 saturated carbocycles. The lowest BCUT2D eigenvalue weighted by Crippen LogP contribution is -2.41. The largest absolute Gasteiger partial charge is 0.462 e. The molecule has 1 saturated heterocycles. The fourth-order valence-electron chi connectivity index (χ4n) is 4.70. The molecule has 1 aromatic carbocycles. The molecule has 1 unspecified atom stereocenters. The minimum absolute atomic E-state index is 0. The van der Waals surface area contributed by atoms with Crippen molar-refractivity contribution in [1.29, 1.82) is 0 Å². The van der Waals surface area contributed by atoms with Crippen LogP contribution in [0.2, 0.25) is 0 Å². The zero-order valence-corrected chi connectivity index (χ0v) is 22.6. The van der Waals surface area contributed by atoms with Crippen molar-refractivity contribution in [3.05, 3.63) is 71.9 Å². The fourth-order valence-corrected chi connectivity index (χ4v) is 5.63. The van der Waals surface area contributed by atoms with E-state index in [2.05, 4.69) is 40.8 Å². The Hall–Kier alpha value is -3.99. The first-order valence-corrected chi connectivity index (χ1v) is 13.8. The number of nitrogens with zero attached hydrogens (tertiary/aromatic N) is 3. The maximum atomic E-state index is 13.2. The Labute approximate surface area is 225 Å². The molecule has 11 heteroatoms. The van der Waals surface area contributed by atoms with Crippen LogP contribution in [0.25, 0.3) is 0 Å². The lowest BCUT2D eigenvalue weighted by molar-refractivity contribution is 0.0526. The molecule has 1 aliphatic rings. The molecule has 204 valence electrons. The molecular weight excluding hydrogens is 506 g/mol. The van der Waals surface area contributed by atoms with E-state index in [1.165, 1.54) is 12.1 Å². The van der Waals surface area contributed by atoms with Gasteiger partial charge in [-0.25, -0.2) is 19.5 Å². The first-order valence-electron chi connectivity index (χ1n) is 12.3. The smallest absolute Gasteiger partial charge is 0.338 e. The summed E-state index contributed by atoms with van der Waals surface area (Å²) in [7, 11) is -4.30. The third-order valence-electron chi connectivity index (χ3n) is 6.23. The quantitative estimate of drug-likeness (QED) is 0.392. The normalized spacial score (nSPS) is 16.6. The second-order valence-electron chi connectivity index (χ2n) is 9.83. The van der Waals surface area contributed by atoms with Crippen LogP contribution in [-0.4, -0.2) is 49.0 Å². The Balaban J connectivity index is 0.00000280. The van der Waals surface area contributed by atoms with Gasteiger partial charge in [-0.05, 0) is 75.6 Å². The molecule has 0 radical (unpaired) electrons. The molecule has 1 amide bonds. The number of rotatable bonds is 8. The van der Waals surface area contributed by atoms with Crippen LogP contribution in [0.1, 0.15) is 57.7 Å². The van der Waals surface area contributed by atoms with E-state index >= 15 is 0 Å². The average Bonchev–Trinajstić information content (AvgIpc) is 3.15. The van der Waals surface area contributed by atoms with Gasteiger partial charge in [0.05, 0.1) is 17.7 Å². The Morgan fingerprint density at radius 3 is 2.63 bits per heavy atom. The number of hydrogen-bond acceptors (Lipinski definition) is 9. The van der Waals surface area contributed by atoms with Crippen LogP contribution in [0.15, 0.2) is 65.8 Å². The highest BCUT2D eigenvalue weighted by atomic mass is 32.2. The van der Waals surface area contributed by atoms with Crippen molar-refractivity contribution in [2.24, 2.45) is 5.92 Å². The van der Waals surface area contributed by atoms with Gasteiger partial charge in [0.1, 0.15) is 11.6 Å². The number of aromatic nitrogens is 2. The van der Waals surface area contributed by atoms with Gasteiger partial charge in [-0.15, -0.1) is 0 Å². The molecule has 1 atom stereocenters. The standard InChI is InChI=1S/C27H31N5O5S.2H2/c1-5-37-26(34)19-9-6-10-20(15-19)29-22-12-7-13-23(30-22)38(35,36)31-25(33)21-11-8-14-28-24(21)32-17-18(2)16-27(32,3)4;;/h6-15,18H,5,16-17H2,1-4H3,(H,29,30)(H,31,33);2*1H. The Kier molecular flexibility index (Phi) is 7.68. The summed E-state index contributed by atoms with van der Waals surface area (Å²) in [6, 6.07) is 14.1. The second-order valence-corrected chi connectivity index (χ2v) is 11.5. The summed E-state index contributed by atoms with van der Waals surface area (Å²) in [5.41, 5.74) is 0.802. The molecule has 10 nitrogen and oxygen atoms in total. The summed E-state index contributed by atoms with van der Waals surface area (Å²) in [5, 5.41) is 2.65. The molecule has 4 rings (SSSR count). The summed E-state index contributed by atoms with van der Waals surface area (Å²) in [6.45, 7) is 8.97. The summed E-state index contributed by atoms with van der Waals surface area (Å²) < 4.78 is 33.4. The van der Waals surface area contributed by atoms with Crippen LogP contribution >= 0.6 is 0 Å². The molecule has 3 aromatic rings. The molecule has 2 N–H and O–H groups in total. The summed E-state index contributed by atoms with van der Waals surface area (Å²) in [6.07, 6.45) is 2.52. The minimum atomic E-state index is -4.30. The van der Waals surface area contributed by atoms with Crippen molar-refractivity contribution in [2.75, 3.05) is 23.4 Å². The van der Waals surface area contributed by atoms with E-state index in [1.807, 2.05) is 4.90 Å². The van der Waals surface area contributed by atoms with Gasteiger partial charge in [-0.1, -0.05) is 19.1 Å². The molecule has 2 aromatic heterocycles. The number of sulfonamides is 1. The average molecular weight is 542 g/mol. The van der Waals surface area contributed by atoms with Crippen molar-refractivity contribution in [3.63, 3.8) is 0 Å². The zero-order valence-electron chi connectivity index (χ0n) is 21.8. The van der Waals surface area contributed by atoms with Crippen molar-refractivity contribution in [1.82, 2.24) is 14.7 Å². The van der Waals surface area contributed by atoms with E-state index < -0.39 is 21.9 Å². The molecule has 1 fully saturated rings. The maximum Gasteiger partial charge on any atom is 0.338 e. The highest BCUT2D eigenvalue weighted by molar-refractivity contribution is 7.90. The Morgan fingerprint density at radius 2 is 1.92 bits per heavy atom. The zero-order chi connectivity index (χ0) is 27.5. The number of esters is 1. The van der Waals surface area contributed by atoms with E-state index in [0.717, 1.165) is 6.42 Å². The third-order valence-corrected chi connectivity index (χ3v) is 7.46. The van der Waals surface area contributed by atoms with Gasteiger partial charge < -0.3 is 15.0 Å². The van der Waals surface area contributed by atoms with Gasteiger partial charge in [0.25, 0.3) is 15.9 Å². The molecule has 0 bridgehead atoms. The van der Waals surface area contributed by atoms with Crippen LogP contribution < -0.4 is 14.9 Å². The first-order chi connectivity index (χ1) is 18.0. The van der Waals surface area contributed by atoms with E-state index in [0.29, 0.717) is 29.5 Å². The molecule has 1 aliphatic heterocycles. The van der Waals surface area contributed by atoms with Crippen molar-refractivity contribution in [2.45, 2.75) is 44.7 Å². The van der Waals surface area contributed by atoms with Crippen LogP contribution in [0.3, 0.4) is 0 Å². The number of anilines is 3. The van der Waals surface area contributed by atoms with Crippen molar-refractivity contribution < 1.29 is 25.6 Å². The number of benzene rings is 1. The number of carbonyl (C=O) groups excluding carboxylic acids is 2. The molecule has 0 spiro atoms. The fraction of sp³-hybridized carbons (Fsp3) is 0.333. The molecular formula is C27H35N5O5S. The third kappa shape index (κ3) is 5.94. The number of hydrogen-bond donors (Lipinski definition) is 2. The minimum Gasteiger partial charge on any atom is -0.462 e. The highest BCUT2D eigenvalue weighted by Gasteiger charge is 2.39. The van der Waals surface area contributed by atoms with Gasteiger partial charge >= 0.3 is 5.97 Å². The van der Waals surface area contributed by atoms with Gasteiger partial charge in [0, 0.05) is 26.8 Å². The van der Waals surface area contributed by atoms with Crippen LogP contribution in [0.4, 0.5) is 17.3 Å². The summed E-state index contributed by atoms with van der Waals surface area (Å²) in [4.78, 5) is 35.9. The van der Waals surface area contributed by atoms with Gasteiger partial charge in [0.15, 0.2) is 5.03 Å². The Morgan fingerprint density at radius 1 is 1.16 bits per heavy atom. The van der Waals surface area contributed by atoms with Gasteiger partial charge in [-0.3, -0.25) is 4.79 Å². The predicted octanol–water partition coefficient (Wildman–Crippen LogP) is 4.63.